The number of nitrogens with two attached hydrogens (primary N) is 2. The molecule has 0 heterocycles. The highest BCUT2D eigenvalue weighted by molar-refractivity contribution is 5.85. The monoisotopic (exact) mass is 335 g/mol. The van der Waals surface area contributed by atoms with Gasteiger partial charge in [0.25, 0.3) is 0 Å². The van der Waals surface area contributed by atoms with Crippen molar-refractivity contribution in [3.8, 4) is 0 Å². The Labute approximate surface area is 146 Å². The van der Waals surface area contributed by atoms with Crippen LogP contribution in [0.25, 0.3) is 0 Å². The summed E-state index contributed by atoms with van der Waals surface area (Å²) in [5.74, 6) is 0. The van der Waals surface area contributed by atoms with Crippen LogP contribution < -0.4 is 11.5 Å². The topological polar surface area (TPSA) is 55.3 Å². The van der Waals surface area contributed by atoms with Crippen LogP contribution in [0.3, 0.4) is 0 Å². The Morgan fingerprint density at radius 1 is 0.545 bits per heavy atom. The van der Waals surface area contributed by atoms with E-state index in [0.29, 0.717) is 0 Å². The van der Waals surface area contributed by atoms with Crippen molar-refractivity contribution in [2.45, 2.75) is 84.0 Å². The lowest BCUT2D eigenvalue weighted by Crippen LogP contribution is -2.29. The molecule has 0 fully saturated rings. The van der Waals surface area contributed by atoms with Gasteiger partial charge in [-0.1, -0.05) is 64.7 Å². The average Bonchev–Trinajstić information content (AvgIpc) is 2.51. The minimum Gasteiger partial charge on any atom is -0.330 e. The van der Waals surface area contributed by atoms with Gasteiger partial charge in [0.1, 0.15) is 0 Å². The summed E-state index contributed by atoms with van der Waals surface area (Å²) < 4.78 is 0. The van der Waals surface area contributed by atoms with E-state index >= 15 is 0 Å². The van der Waals surface area contributed by atoms with Crippen molar-refractivity contribution in [3.63, 3.8) is 0 Å². The van der Waals surface area contributed by atoms with Crippen molar-refractivity contribution in [1.29, 1.82) is 0 Å². The van der Waals surface area contributed by atoms with Gasteiger partial charge in [0.05, 0.1) is 0 Å². The molecule has 0 aromatic carbocycles. The van der Waals surface area contributed by atoms with Crippen molar-refractivity contribution in [2.24, 2.45) is 11.5 Å². The lowest BCUT2D eigenvalue weighted by atomic mass is 10.1. The van der Waals surface area contributed by atoms with Crippen LogP contribution in [-0.2, 0) is 0 Å². The molecule has 0 spiro atoms. The smallest absolute Gasteiger partial charge is 0.000671 e. The molecule has 0 amide bonds. The number of hydrogen-bond acceptors (Lipinski definition) is 3. The number of halogens is 1. The first-order valence-corrected chi connectivity index (χ1v) is 9.47. The molecule has 0 radical (unpaired) electrons. The highest BCUT2D eigenvalue weighted by Crippen LogP contribution is 2.11. The fraction of sp³-hybridized carbons (Fsp3) is 1.00. The van der Waals surface area contributed by atoms with E-state index in [9.17, 15) is 0 Å². The van der Waals surface area contributed by atoms with E-state index in [1.54, 1.807) is 0 Å². The zero-order chi connectivity index (χ0) is 15.6. The molecule has 0 saturated heterocycles. The molecule has 0 unspecified atom stereocenters. The Morgan fingerprint density at radius 2 is 0.909 bits per heavy atom. The third-order valence-electron chi connectivity index (χ3n) is 4.18. The van der Waals surface area contributed by atoms with Crippen molar-refractivity contribution >= 4 is 12.4 Å². The second-order valence-electron chi connectivity index (χ2n) is 6.31. The van der Waals surface area contributed by atoms with Crippen LogP contribution in [0.5, 0.6) is 0 Å². The summed E-state index contributed by atoms with van der Waals surface area (Å²) in [7, 11) is 0. The van der Waals surface area contributed by atoms with E-state index < -0.39 is 0 Å². The van der Waals surface area contributed by atoms with Gasteiger partial charge in [-0.05, 0) is 52.0 Å². The van der Waals surface area contributed by atoms with E-state index in [1.165, 1.54) is 70.8 Å². The first-order chi connectivity index (χ1) is 10.3. The summed E-state index contributed by atoms with van der Waals surface area (Å²) in [6, 6.07) is 0. The first kappa shape index (κ1) is 24.4. The van der Waals surface area contributed by atoms with Gasteiger partial charge in [-0.2, -0.15) is 0 Å². The van der Waals surface area contributed by atoms with E-state index in [-0.39, 0.29) is 12.4 Å². The predicted octanol–water partition coefficient (Wildman–Crippen LogP) is 4.33. The summed E-state index contributed by atoms with van der Waals surface area (Å²) in [6.07, 6.45) is 16.3. The second-order valence-corrected chi connectivity index (χ2v) is 6.31. The molecule has 4 N–H and O–H groups in total. The van der Waals surface area contributed by atoms with Crippen LogP contribution in [-0.4, -0.2) is 37.6 Å². The van der Waals surface area contributed by atoms with Gasteiger partial charge >= 0.3 is 0 Å². The Morgan fingerprint density at radius 3 is 1.32 bits per heavy atom. The molecular weight excluding hydrogens is 294 g/mol. The van der Waals surface area contributed by atoms with Crippen molar-refractivity contribution < 1.29 is 0 Å². The highest BCUT2D eigenvalue weighted by Gasteiger charge is 2.03. The minimum atomic E-state index is 0. The van der Waals surface area contributed by atoms with Crippen molar-refractivity contribution in [1.82, 2.24) is 4.90 Å². The summed E-state index contributed by atoms with van der Waals surface area (Å²) in [4.78, 5) is 2.55. The quantitative estimate of drug-likeness (QED) is 0.389. The molecule has 0 aliphatic rings. The highest BCUT2D eigenvalue weighted by atomic mass is 35.5. The van der Waals surface area contributed by atoms with Gasteiger partial charge in [-0.3, -0.25) is 0 Å². The van der Waals surface area contributed by atoms with Crippen LogP contribution in [0.1, 0.15) is 84.0 Å². The third-order valence-corrected chi connectivity index (χ3v) is 4.18. The van der Waals surface area contributed by atoms with Gasteiger partial charge in [0, 0.05) is 0 Å². The molecule has 0 rings (SSSR count). The molecule has 136 valence electrons. The number of rotatable bonds is 17. The molecule has 3 nitrogen and oxygen atoms in total. The van der Waals surface area contributed by atoms with Crippen LogP contribution in [0, 0.1) is 0 Å². The maximum Gasteiger partial charge on any atom is -0.000671 e. The Hall–Kier alpha value is 0.170. The average molecular weight is 336 g/mol. The van der Waals surface area contributed by atoms with E-state index in [4.69, 9.17) is 11.5 Å². The van der Waals surface area contributed by atoms with Gasteiger partial charge in [-0.15, -0.1) is 12.4 Å². The van der Waals surface area contributed by atoms with Gasteiger partial charge in [0.2, 0.25) is 0 Å². The largest absolute Gasteiger partial charge is 0.330 e. The molecule has 0 aliphatic carbocycles. The lowest BCUT2D eigenvalue weighted by molar-refractivity contribution is 0.263. The summed E-state index contributed by atoms with van der Waals surface area (Å²) in [5, 5.41) is 0. The van der Waals surface area contributed by atoms with Crippen LogP contribution in [0.15, 0.2) is 0 Å². The fourth-order valence-corrected chi connectivity index (χ4v) is 2.79. The lowest BCUT2D eigenvalue weighted by Gasteiger charge is -2.21. The first-order valence-electron chi connectivity index (χ1n) is 9.47. The van der Waals surface area contributed by atoms with Gasteiger partial charge < -0.3 is 16.4 Å². The molecular formula is C18H42ClN3. The standard InChI is InChI=1S/C18H41N3.ClH/c1-2-3-4-5-6-7-8-9-10-11-16-21(17-12-14-19)18-13-15-20;/h2-20H2,1H3;1H. The summed E-state index contributed by atoms with van der Waals surface area (Å²) in [5.41, 5.74) is 11.2. The maximum absolute atomic E-state index is 5.61. The van der Waals surface area contributed by atoms with E-state index in [2.05, 4.69) is 11.8 Å². The number of unbranched alkanes of at least 4 members (excludes halogenated alkanes) is 9. The third kappa shape index (κ3) is 18.2. The summed E-state index contributed by atoms with van der Waals surface area (Å²) in [6.45, 7) is 7.41. The number of nitrogens with zero attached hydrogens (tertiary/aromatic N) is 1. The molecule has 0 aromatic rings. The Kier molecular flexibility index (Phi) is 23.5. The SMILES string of the molecule is CCCCCCCCCCCCN(CCCN)CCCN.Cl. The zero-order valence-electron chi connectivity index (χ0n) is 15.0. The maximum atomic E-state index is 5.61. The second kappa shape index (κ2) is 21.2. The summed E-state index contributed by atoms with van der Waals surface area (Å²) >= 11 is 0. The van der Waals surface area contributed by atoms with Crippen LogP contribution >= 0.6 is 12.4 Å². The molecule has 0 bridgehead atoms. The fourth-order valence-electron chi connectivity index (χ4n) is 2.79. The Balaban J connectivity index is 0. The molecule has 4 heteroatoms. The van der Waals surface area contributed by atoms with Gasteiger partial charge in [0.15, 0.2) is 0 Å². The van der Waals surface area contributed by atoms with Gasteiger partial charge in [-0.25, -0.2) is 0 Å². The van der Waals surface area contributed by atoms with Crippen LogP contribution in [0.4, 0.5) is 0 Å². The molecule has 22 heavy (non-hydrogen) atoms. The van der Waals surface area contributed by atoms with Crippen molar-refractivity contribution in [2.75, 3.05) is 32.7 Å². The molecule has 0 saturated carbocycles. The number of hydrogen-bond donors (Lipinski definition) is 2. The minimum absolute atomic E-state index is 0. The van der Waals surface area contributed by atoms with Crippen molar-refractivity contribution in [3.05, 3.63) is 0 Å². The molecule has 0 aromatic heterocycles. The molecule has 0 atom stereocenters. The zero-order valence-corrected chi connectivity index (χ0v) is 15.8. The van der Waals surface area contributed by atoms with Crippen LogP contribution in [0.2, 0.25) is 0 Å². The van der Waals surface area contributed by atoms with E-state index in [1.807, 2.05) is 0 Å². The molecule has 0 aliphatic heterocycles. The normalized spacial score (nSPS) is 10.9. The Bertz CT molecular complexity index is 183. The predicted molar refractivity (Wildman–Crippen MR) is 103 cm³/mol. The van der Waals surface area contributed by atoms with E-state index in [0.717, 1.165) is 39.0 Å².